The molecule has 0 aromatic carbocycles. The van der Waals surface area contributed by atoms with E-state index in [9.17, 15) is 35.1 Å². The van der Waals surface area contributed by atoms with Crippen LogP contribution in [0.1, 0.15) is 46.0 Å². The second-order valence-corrected chi connectivity index (χ2v) is 14.3. The Hall–Kier alpha value is -3.13. The van der Waals surface area contributed by atoms with Crippen molar-refractivity contribution in [2.45, 2.75) is 101 Å². The summed E-state index contributed by atoms with van der Waals surface area (Å²) in [6.07, 6.45) is 1.61. The van der Waals surface area contributed by atoms with Crippen molar-refractivity contribution in [3.8, 4) is 0 Å². The van der Waals surface area contributed by atoms with Gasteiger partial charge >= 0.3 is 5.97 Å². The monoisotopic (exact) mass is 754 g/mol. The number of nitrogens with two attached hydrogens (primary N) is 1. The summed E-state index contributed by atoms with van der Waals surface area (Å²) in [5.74, 6) is -5.00. The minimum absolute atomic E-state index is 0.00192. The summed E-state index contributed by atoms with van der Waals surface area (Å²) in [7, 11) is 0. The average molecular weight is 755 g/mol. The molecule has 0 amide bonds. The first-order valence-corrected chi connectivity index (χ1v) is 18.6. The second kappa shape index (κ2) is 20.5. The maximum Gasteiger partial charge on any atom is 0.338 e. The van der Waals surface area contributed by atoms with E-state index in [1.807, 2.05) is 0 Å². The van der Waals surface area contributed by atoms with Crippen LogP contribution in [0.3, 0.4) is 0 Å². The Kier molecular flexibility index (Phi) is 16.5. The van der Waals surface area contributed by atoms with Crippen molar-refractivity contribution in [1.82, 2.24) is 5.32 Å². The van der Waals surface area contributed by atoms with E-state index in [0.29, 0.717) is 19.5 Å². The zero-order valence-corrected chi connectivity index (χ0v) is 30.5. The van der Waals surface area contributed by atoms with Crippen LogP contribution in [-0.4, -0.2) is 145 Å². The first-order chi connectivity index (χ1) is 25.4. The number of quaternary nitrogens is 1. The number of carbonyl (C=O) groups is 2. The number of esters is 1. The lowest BCUT2D eigenvalue weighted by molar-refractivity contribution is -0.911. The highest BCUT2D eigenvalue weighted by molar-refractivity contribution is 5.89. The molecule has 53 heavy (non-hydrogen) atoms. The maximum absolute atomic E-state index is 13.7. The van der Waals surface area contributed by atoms with Gasteiger partial charge in [-0.2, -0.15) is 0 Å². The van der Waals surface area contributed by atoms with Crippen molar-refractivity contribution in [3.63, 3.8) is 0 Å². The van der Waals surface area contributed by atoms with Crippen LogP contribution in [0.2, 0.25) is 0 Å². The number of nitrogens with zero attached hydrogens (tertiary/aromatic N) is 1. The smallest absolute Gasteiger partial charge is 0.338 e. The molecule has 300 valence electrons. The number of carboxylic acids is 1. The van der Waals surface area contributed by atoms with Crippen LogP contribution in [0, 0.1) is 23.7 Å². The minimum atomic E-state index is -1.47. The summed E-state index contributed by atoms with van der Waals surface area (Å²) in [6.45, 7) is 7.68. The van der Waals surface area contributed by atoms with Crippen molar-refractivity contribution < 1.29 is 68.8 Å². The van der Waals surface area contributed by atoms with E-state index in [0.717, 1.165) is 30.6 Å². The molecular weight excluding hydrogens is 696 g/mol. The number of hydrogen-bond donors (Lipinski definition) is 8. The quantitative estimate of drug-likeness (QED) is 0.0235. The predicted octanol–water partition coefficient (Wildman–Crippen LogP) is -3.54. The Morgan fingerprint density at radius 1 is 1.13 bits per heavy atom. The molecule has 3 fully saturated rings. The Bertz CT molecular complexity index is 1290. The molecule has 2 saturated heterocycles. The molecule has 3 heterocycles. The van der Waals surface area contributed by atoms with Gasteiger partial charge in [0.25, 0.3) is 0 Å². The molecule has 12 unspecified atom stereocenters. The Labute approximate surface area is 310 Å². The summed E-state index contributed by atoms with van der Waals surface area (Å²) < 4.78 is 29.9. The molecule has 0 radical (unpaired) electrons. The predicted molar refractivity (Wildman–Crippen MR) is 186 cm³/mol. The molecule has 9 N–H and O–H groups in total. The summed E-state index contributed by atoms with van der Waals surface area (Å²) in [4.78, 5) is 31.2. The summed E-state index contributed by atoms with van der Waals surface area (Å²) in [5, 5.41) is 65.7. The molecule has 1 aliphatic carbocycles. The topological polar surface area (TPSA) is 259 Å². The summed E-state index contributed by atoms with van der Waals surface area (Å²) >= 11 is 0. The second-order valence-electron chi connectivity index (χ2n) is 14.3. The minimum Gasteiger partial charge on any atom is -0.550 e. The van der Waals surface area contributed by atoms with Gasteiger partial charge in [-0.25, -0.2) is 4.79 Å². The number of nitrogens with one attached hydrogen (secondary N) is 2. The van der Waals surface area contributed by atoms with E-state index in [-0.39, 0.29) is 43.9 Å². The van der Waals surface area contributed by atoms with Gasteiger partial charge in [0, 0.05) is 25.0 Å². The van der Waals surface area contributed by atoms with E-state index >= 15 is 0 Å². The molecule has 17 nitrogen and oxygen atoms in total. The lowest BCUT2D eigenvalue weighted by atomic mass is 9.79. The standard InChI is InChI=1S/C36H58N4O13/c1-4-23-24(11-10-21-16-40(13-15-42)17-25(32(46)47)28(21)39-36(37)38-12-7-14-41)26(33(48)51-22-8-5-6-9-22)19-49-34(23)53-35-31(50-20(2)3)30(45)29(44)27(18-43)52-35/h4,10-11,19-25,27-31,34-35,41-45H,1,5-9,12-18H2,2-3H3,(H,46,47)(H3,37,38,39). The van der Waals surface area contributed by atoms with Gasteiger partial charge in [-0.05, 0) is 46.0 Å². The number of rotatable bonds is 17. The first kappa shape index (κ1) is 42.6. The molecule has 4 rings (SSSR count). The number of ether oxygens (including phenoxy) is 5. The van der Waals surface area contributed by atoms with Crippen LogP contribution in [-0.2, 0) is 33.3 Å². The van der Waals surface area contributed by atoms with E-state index in [2.05, 4.69) is 16.9 Å². The molecule has 0 bridgehead atoms. The summed E-state index contributed by atoms with van der Waals surface area (Å²) in [6, 6.07) is -0.781. The first-order valence-electron chi connectivity index (χ1n) is 18.6. The Balaban J connectivity index is 1.70. The number of aliphatic imine (C=N–C) groups is 1. The third kappa shape index (κ3) is 11.2. The van der Waals surface area contributed by atoms with Crippen LogP contribution >= 0.6 is 0 Å². The van der Waals surface area contributed by atoms with Gasteiger partial charge in [0.05, 0.1) is 68.1 Å². The van der Waals surface area contributed by atoms with Crippen molar-refractivity contribution in [1.29, 1.82) is 0 Å². The molecule has 0 spiro atoms. The lowest BCUT2D eigenvalue weighted by Gasteiger charge is -2.45. The molecule has 1 saturated carbocycles. The molecule has 17 heteroatoms. The normalized spacial score (nSPS) is 35.5. The fraction of sp³-hybridized carbons (Fsp3) is 0.750. The zero-order valence-electron chi connectivity index (χ0n) is 30.5. The van der Waals surface area contributed by atoms with Gasteiger partial charge in [-0.1, -0.05) is 18.2 Å². The number of piperidine rings is 1. The highest BCUT2D eigenvalue weighted by Crippen LogP contribution is 2.38. The molecule has 3 aliphatic heterocycles. The van der Waals surface area contributed by atoms with Crippen LogP contribution in [0.4, 0.5) is 0 Å². The van der Waals surface area contributed by atoms with Crippen molar-refractivity contribution in [2.75, 3.05) is 46.0 Å². The van der Waals surface area contributed by atoms with E-state index in [4.69, 9.17) is 34.5 Å². The molecule has 0 aromatic heterocycles. The number of guanidine groups is 1. The van der Waals surface area contributed by atoms with Gasteiger partial charge in [0.15, 0.2) is 12.2 Å². The molecule has 12 atom stereocenters. The van der Waals surface area contributed by atoms with Crippen LogP contribution < -0.4 is 21.1 Å². The lowest BCUT2D eigenvalue weighted by Crippen LogP contribution is -3.16. The molecular formula is C36H58N4O13. The number of carbonyl (C=O) groups excluding carboxylic acids is 2. The number of allylic oxidation sites excluding steroid dienone is 1. The van der Waals surface area contributed by atoms with Crippen LogP contribution in [0.25, 0.3) is 0 Å². The Morgan fingerprint density at radius 2 is 1.87 bits per heavy atom. The van der Waals surface area contributed by atoms with E-state index in [1.54, 1.807) is 32.1 Å². The van der Waals surface area contributed by atoms with Crippen molar-refractivity contribution >= 4 is 17.9 Å². The van der Waals surface area contributed by atoms with Crippen LogP contribution in [0.5, 0.6) is 0 Å². The number of aliphatic hydroxyl groups is 5. The number of likely N-dealkylation sites (tertiary alicyclic amines) is 1. The van der Waals surface area contributed by atoms with Gasteiger partial charge in [0.1, 0.15) is 37.1 Å². The summed E-state index contributed by atoms with van der Waals surface area (Å²) in [5.41, 5.74) is 6.33. The number of aliphatic carboxylic acids is 1. The van der Waals surface area contributed by atoms with E-state index < -0.39 is 91.4 Å². The van der Waals surface area contributed by atoms with Gasteiger partial charge in [0.2, 0.25) is 6.29 Å². The third-order valence-corrected chi connectivity index (χ3v) is 10.2. The van der Waals surface area contributed by atoms with Crippen molar-refractivity contribution in [2.24, 2.45) is 34.4 Å². The third-order valence-electron chi connectivity index (χ3n) is 10.2. The number of aliphatic hydroxyl groups excluding tert-OH is 5. The van der Waals surface area contributed by atoms with Gasteiger partial charge in [-0.15, -0.1) is 6.58 Å². The zero-order chi connectivity index (χ0) is 38.7. The van der Waals surface area contributed by atoms with E-state index in [1.165, 1.54) is 6.26 Å². The van der Waals surface area contributed by atoms with Crippen LogP contribution in [0.15, 0.2) is 41.6 Å². The van der Waals surface area contributed by atoms with Gasteiger partial charge < -0.3 is 75.1 Å². The highest BCUT2D eigenvalue weighted by Gasteiger charge is 2.49. The Morgan fingerprint density at radius 3 is 2.49 bits per heavy atom. The fourth-order valence-electron chi connectivity index (χ4n) is 7.48. The van der Waals surface area contributed by atoms with Gasteiger partial charge in [-0.3, -0.25) is 4.99 Å². The molecule has 0 aromatic rings. The SMILES string of the molecule is C=CC1C(OC2OC(CO)C(O)C(O)C2OC(C)C)OC=C(C(=O)OC2CCCC2)C1C=CC1C[NH+](CCO)CC(C(=O)[O-])C1NC(N)=NCCCO. The highest BCUT2D eigenvalue weighted by atomic mass is 16.8. The fourth-order valence-corrected chi connectivity index (χ4v) is 7.48. The number of hydrogen-bond acceptors (Lipinski definition) is 14. The van der Waals surface area contributed by atoms with Crippen molar-refractivity contribution in [3.05, 3.63) is 36.6 Å². The average Bonchev–Trinajstić information content (AvgIpc) is 3.64. The largest absolute Gasteiger partial charge is 0.550 e. The number of carboxylic acid groups (broad SMARTS) is 1. The molecule has 4 aliphatic rings. The maximum atomic E-state index is 13.7.